The fourth-order valence-electron chi connectivity index (χ4n) is 10.2. The largest absolute Gasteiger partial charge is 0.466 e. The molecule has 0 heterocycles. The average Bonchev–Trinajstić information content (AvgIpc) is 3.32. The summed E-state index contributed by atoms with van der Waals surface area (Å²) in [6, 6.07) is 0. The van der Waals surface area contributed by atoms with Crippen molar-refractivity contribution in [2.75, 3.05) is 79.2 Å². The van der Waals surface area contributed by atoms with Crippen LogP contribution in [0.3, 0.4) is 0 Å². The molecule has 0 aliphatic heterocycles. The van der Waals surface area contributed by atoms with Crippen molar-refractivity contribution < 1.29 is 33.4 Å². The first-order valence-electron chi connectivity index (χ1n) is 31.3. The lowest BCUT2D eigenvalue weighted by molar-refractivity contribution is -0.145. The van der Waals surface area contributed by atoms with Gasteiger partial charge in [0.05, 0.1) is 39.1 Å². The smallest absolute Gasteiger partial charge is 0.307 e. The van der Waals surface area contributed by atoms with Crippen molar-refractivity contribution in [3.05, 3.63) is 0 Å². The molecule has 0 bridgehead atoms. The quantitative estimate of drug-likeness (QED) is 0.0332. The van der Waals surface area contributed by atoms with Gasteiger partial charge in [-0.15, -0.1) is 0 Å². The third kappa shape index (κ3) is 48.3. The Balaban J connectivity index is 4.92. The third-order valence-electron chi connectivity index (χ3n) is 15.7. The summed E-state index contributed by atoms with van der Waals surface area (Å²) in [6.45, 7) is 34.9. The normalized spacial score (nSPS) is 14.5. The van der Waals surface area contributed by atoms with E-state index in [1.807, 2.05) is 0 Å². The molecule has 0 amide bonds. The van der Waals surface area contributed by atoms with Crippen molar-refractivity contribution in [2.24, 2.45) is 53.3 Å². The summed E-state index contributed by atoms with van der Waals surface area (Å²) in [5, 5.41) is 0. The van der Waals surface area contributed by atoms with Gasteiger partial charge in [-0.05, 0) is 119 Å². The summed E-state index contributed by atoms with van der Waals surface area (Å²) < 4.78 is 17.1. The van der Waals surface area contributed by atoms with Crippen LogP contribution in [-0.2, 0) is 33.4 Å². The molecule has 0 aliphatic carbocycles. The number of nitrogens with zero attached hydrogens (tertiary/aromatic N) is 3. The van der Waals surface area contributed by atoms with E-state index in [4.69, 9.17) is 14.2 Å². The molecule has 0 N–H and O–H groups in total. The minimum atomic E-state index is -0.166. The maximum absolute atomic E-state index is 13.0. The predicted octanol–water partition coefficient (Wildman–Crippen LogP) is 15.7. The van der Waals surface area contributed by atoms with E-state index >= 15 is 0 Å². The highest BCUT2D eigenvalue weighted by atomic mass is 16.5. The van der Waals surface area contributed by atoms with Crippen molar-refractivity contribution in [1.29, 1.82) is 0 Å². The number of ether oxygens (including phenoxy) is 3. The number of esters is 3. The van der Waals surface area contributed by atoms with E-state index in [1.54, 1.807) is 0 Å². The molecular formula is C64H125N3O7. The van der Waals surface area contributed by atoms with E-state index in [0.717, 1.165) is 100 Å². The van der Waals surface area contributed by atoms with E-state index in [2.05, 4.69) is 105 Å². The van der Waals surface area contributed by atoms with Gasteiger partial charge < -0.3 is 33.7 Å². The molecule has 0 aliphatic rings. The molecule has 0 rings (SSSR count). The van der Waals surface area contributed by atoms with Crippen LogP contribution in [0.4, 0.5) is 0 Å². The summed E-state index contributed by atoms with van der Waals surface area (Å²) >= 11 is 0. The van der Waals surface area contributed by atoms with Gasteiger partial charge in [-0.3, -0.25) is 14.4 Å². The maximum Gasteiger partial charge on any atom is 0.307 e. The van der Waals surface area contributed by atoms with Crippen LogP contribution in [0.15, 0.2) is 0 Å². The number of rotatable bonds is 53. The molecule has 0 fully saturated rings. The molecule has 438 valence electrons. The first-order valence-corrected chi connectivity index (χ1v) is 31.3. The molecule has 0 saturated carbocycles. The maximum atomic E-state index is 13.0. The van der Waals surface area contributed by atoms with Crippen molar-refractivity contribution in [3.63, 3.8) is 0 Å². The van der Waals surface area contributed by atoms with Crippen molar-refractivity contribution in [1.82, 2.24) is 14.7 Å². The van der Waals surface area contributed by atoms with Gasteiger partial charge in [-0.1, -0.05) is 199 Å². The summed E-state index contributed by atoms with van der Waals surface area (Å²) in [7, 11) is 2.13. The van der Waals surface area contributed by atoms with E-state index in [-0.39, 0.29) is 17.9 Å². The topological polar surface area (TPSA) is 106 Å². The molecule has 74 heavy (non-hydrogen) atoms. The third-order valence-corrected chi connectivity index (χ3v) is 15.7. The molecule has 0 aromatic carbocycles. The van der Waals surface area contributed by atoms with Crippen LogP contribution in [0.5, 0.6) is 0 Å². The number of carbonyl (C=O) groups is 4. The van der Waals surface area contributed by atoms with Crippen molar-refractivity contribution in [2.45, 2.75) is 256 Å². The first-order chi connectivity index (χ1) is 35.3. The zero-order chi connectivity index (χ0) is 55.4. The Kier molecular flexibility index (Phi) is 46.8. The minimum Gasteiger partial charge on any atom is -0.466 e. The monoisotopic (exact) mass is 1050 g/mol. The predicted molar refractivity (Wildman–Crippen MR) is 313 cm³/mol. The van der Waals surface area contributed by atoms with Gasteiger partial charge >= 0.3 is 17.9 Å². The Morgan fingerprint density at radius 2 is 0.595 bits per heavy atom. The molecule has 6 atom stereocenters. The van der Waals surface area contributed by atoms with Crippen LogP contribution < -0.4 is 0 Å². The Labute approximate surface area is 459 Å². The molecule has 0 radical (unpaired) electrons. The van der Waals surface area contributed by atoms with Crippen LogP contribution in [0.1, 0.15) is 256 Å². The lowest BCUT2D eigenvalue weighted by Gasteiger charge is -2.25. The lowest BCUT2D eigenvalue weighted by atomic mass is 9.93. The van der Waals surface area contributed by atoms with Crippen LogP contribution in [0.25, 0.3) is 0 Å². The number of carbonyl (C=O) groups excluding carboxylic acids is 4. The molecule has 10 heteroatoms. The van der Waals surface area contributed by atoms with E-state index in [1.165, 1.54) is 116 Å². The summed E-state index contributed by atoms with van der Waals surface area (Å²) in [4.78, 5) is 56.7. The molecule has 6 unspecified atom stereocenters. The molecule has 10 nitrogen and oxygen atoms in total. The average molecular weight is 1050 g/mol. The van der Waals surface area contributed by atoms with E-state index in [9.17, 15) is 19.2 Å². The highest BCUT2D eigenvalue weighted by Gasteiger charge is 2.16. The van der Waals surface area contributed by atoms with Gasteiger partial charge in [0.1, 0.15) is 6.29 Å². The van der Waals surface area contributed by atoms with Crippen LogP contribution >= 0.6 is 0 Å². The van der Waals surface area contributed by atoms with Gasteiger partial charge in [-0.25, -0.2) is 0 Å². The van der Waals surface area contributed by atoms with Gasteiger partial charge in [0.2, 0.25) is 0 Å². The number of hydrogen-bond acceptors (Lipinski definition) is 10. The van der Waals surface area contributed by atoms with Crippen molar-refractivity contribution >= 4 is 24.2 Å². The number of hydrogen-bond donors (Lipinski definition) is 0. The van der Waals surface area contributed by atoms with E-state index < -0.39 is 0 Å². The number of aldehydes is 1. The van der Waals surface area contributed by atoms with Gasteiger partial charge in [0, 0.05) is 32.6 Å². The highest BCUT2D eigenvalue weighted by molar-refractivity contribution is 5.70. The molecule has 0 aromatic heterocycles. The second kappa shape index (κ2) is 48.1. The second-order valence-corrected chi connectivity index (χ2v) is 25.3. The molecule has 0 spiro atoms. The first kappa shape index (κ1) is 72.0. The zero-order valence-corrected chi connectivity index (χ0v) is 51.3. The molecule has 0 aromatic rings. The fraction of sp³-hybridized carbons (Fsp3) is 0.938. The highest BCUT2D eigenvalue weighted by Crippen LogP contribution is 2.23. The minimum absolute atomic E-state index is 0.156. The van der Waals surface area contributed by atoms with Crippen LogP contribution in [0.2, 0.25) is 0 Å². The summed E-state index contributed by atoms with van der Waals surface area (Å²) in [5.74, 6) is 5.82. The standard InChI is InChI=1S/C64H125N3O7/c1-53(2)23-14-26-56(7)29-17-32-59(10)38-50-72-62(69)35-46-66(45-22-49-68)43-20-41-65(13)42-21-44-67(47-36-63(70)73-51-39-60(11)33-18-30-57(8)27-15-24-54(3)4)48-37-64(71)74-52-40-61(12)34-19-31-58(9)28-16-25-55(5)6/h49,53-61H,14-48,50-52H2,1-13H3. The fourth-order valence-corrected chi connectivity index (χ4v) is 10.2. The van der Waals surface area contributed by atoms with Crippen LogP contribution in [-0.4, -0.2) is 118 Å². The summed E-state index contributed by atoms with van der Waals surface area (Å²) in [5.41, 5.74) is 0. The Hall–Kier alpha value is -2.04. The van der Waals surface area contributed by atoms with E-state index in [0.29, 0.717) is 89.4 Å². The summed E-state index contributed by atoms with van der Waals surface area (Å²) in [6.07, 6.45) is 29.8. The molecule has 0 saturated heterocycles. The second-order valence-electron chi connectivity index (χ2n) is 25.3. The van der Waals surface area contributed by atoms with Gasteiger partial charge in [-0.2, -0.15) is 0 Å². The SMILES string of the molecule is CC(C)CCCC(C)CCCC(C)CCOC(=O)CCN(CCC=O)CCCN(C)CCCN(CCC(=O)OCCC(C)CCCC(C)CCCC(C)C)CCC(=O)OCCC(C)CCCC(C)CCCC(C)C. The molecular weight excluding hydrogens is 923 g/mol. The lowest BCUT2D eigenvalue weighted by Crippen LogP contribution is -2.34. The van der Waals surface area contributed by atoms with Gasteiger partial charge in [0.25, 0.3) is 0 Å². The van der Waals surface area contributed by atoms with Gasteiger partial charge in [0.15, 0.2) is 0 Å². The van der Waals surface area contributed by atoms with Crippen molar-refractivity contribution in [3.8, 4) is 0 Å². The Morgan fingerprint density at radius 3 is 0.865 bits per heavy atom. The Morgan fingerprint density at radius 1 is 0.338 bits per heavy atom. The Bertz CT molecular complexity index is 1270. The van der Waals surface area contributed by atoms with Crippen LogP contribution in [0, 0.1) is 53.3 Å². The zero-order valence-electron chi connectivity index (χ0n) is 51.3.